The van der Waals surface area contributed by atoms with Crippen molar-refractivity contribution in [3.05, 3.63) is 20.8 Å². The van der Waals surface area contributed by atoms with Gasteiger partial charge in [-0.3, -0.25) is 5.41 Å². The lowest BCUT2D eigenvalue weighted by Crippen LogP contribution is -1.99. The Kier molecular flexibility index (Phi) is 2.52. The number of halogens is 1. The van der Waals surface area contributed by atoms with Crippen LogP contribution in [0.1, 0.15) is 10.4 Å². The SMILES string of the molecule is COC(=N)c1cc(C)sc1Cl. The third-order valence-electron chi connectivity index (χ3n) is 1.26. The summed E-state index contributed by atoms with van der Waals surface area (Å²) in [6, 6.07) is 1.85. The summed E-state index contributed by atoms with van der Waals surface area (Å²) in [7, 11) is 1.46. The van der Waals surface area contributed by atoms with Crippen molar-refractivity contribution >= 4 is 28.8 Å². The van der Waals surface area contributed by atoms with E-state index in [0.29, 0.717) is 9.90 Å². The molecule has 0 atom stereocenters. The van der Waals surface area contributed by atoms with E-state index in [1.54, 1.807) is 0 Å². The van der Waals surface area contributed by atoms with Gasteiger partial charge in [-0.05, 0) is 13.0 Å². The second-order valence-electron chi connectivity index (χ2n) is 2.08. The fourth-order valence-corrected chi connectivity index (χ4v) is 1.98. The third-order valence-corrected chi connectivity index (χ3v) is 2.53. The van der Waals surface area contributed by atoms with Crippen molar-refractivity contribution in [2.75, 3.05) is 7.11 Å². The average Bonchev–Trinajstić information content (AvgIpc) is 2.28. The van der Waals surface area contributed by atoms with Crippen molar-refractivity contribution in [3.63, 3.8) is 0 Å². The minimum absolute atomic E-state index is 0.124. The van der Waals surface area contributed by atoms with E-state index in [4.69, 9.17) is 21.7 Å². The summed E-state index contributed by atoms with van der Waals surface area (Å²) in [5, 5.41) is 7.33. The summed E-state index contributed by atoms with van der Waals surface area (Å²) < 4.78 is 5.36. The smallest absolute Gasteiger partial charge is 0.215 e. The van der Waals surface area contributed by atoms with Gasteiger partial charge in [0.05, 0.1) is 12.7 Å². The van der Waals surface area contributed by atoms with Gasteiger partial charge in [-0.1, -0.05) is 11.6 Å². The molecule has 0 aliphatic carbocycles. The Morgan fingerprint density at radius 3 is 2.73 bits per heavy atom. The minimum Gasteiger partial charge on any atom is -0.481 e. The lowest BCUT2D eigenvalue weighted by Gasteiger charge is -1.97. The molecule has 4 heteroatoms. The first-order valence-corrected chi connectivity index (χ1v) is 4.23. The molecule has 11 heavy (non-hydrogen) atoms. The highest BCUT2D eigenvalue weighted by Crippen LogP contribution is 2.27. The molecule has 60 valence electrons. The molecule has 1 aromatic rings. The summed E-state index contributed by atoms with van der Waals surface area (Å²) in [5.41, 5.74) is 0.677. The van der Waals surface area contributed by atoms with Crippen LogP contribution in [-0.4, -0.2) is 13.0 Å². The van der Waals surface area contributed by atoms with E-state index in [9.17, 15) is 0 Å². The van der Waals surface area contributed by atoms with Gasteiger partial charge in [-0.15, -0.1) is 11.3 Å². The van der Waals surface area contributed by atoms with Crippen LogP contribution in [0.25, 0.3) is 0 Å². The fourth-order valence-electron chi connectivity index (χ4n) is 0.751. The predicted octanol–water partition coefficient (Wildman–Crippen LogP) is 2.68. The fraction of sp³-hybridized carbons (Fsp3) is 0.286. The van der Waals surface area contributed by atoms with E-state index in [1.165, 1.54) is 18.4 Å². The molecular weight excluding hydrogens is 182 g/mol. The monoisotopic (exact) mass is 189 g/mol. The molecule has 0 spiro atoms. The zero-order chi connectivity index (χ0) is 8.43. The van der Waals surface area contributed by atoms with Crippen molar-refractivity contribution in [3.8, 4) is 0 Å². The second kappa shape index (κ2) is 3.24. The molecular formula is C7H8ClNOS. The molecule has 0 saturated heterocycles. The number of aryl methyl sites for hydroxylation is 1. The van der Waals surface area contributed by atoms with Crippen LogP contribution in [0.3, 0.4) is 0 Å². The summed E-state index contributed by atoms with van der Waals surface area (Å²) in [5.74, 6) is 0.124. The maximum atomic E-state index is 7.33. The number of hydrogen-bond donors (Lipinski definition) is 1. The summed E-state index contributed by atoms with van der Waals surface area (Å²) in [6.45, 7) is 1.95. The first-order valence-electron chi connectivity index (χ1n) is 3.04. The number of ether oxygens (including phenoxy) is 1. The normalized spacial score (nSPS) is 9.73. The molecule has 0 aliphatic heterocycles. The highest BCUT2D eigenvalue weighted by molar-refractivity contribution is 7.16. The van der Waals surface area contributed by atoms with E-state index in [0.717, 1.165) is 4.88 Å². The second-order valence-corrected chi connectivity index (χ2v) is 3.94. The Balaban J connectivity index is 3.03. The van der Waals surface area contributed by atoms with Crippen LogP contribution in [0.15, 0.2) is 6.07 Å². The number of thiophene rings is 1. The van der Waals surface area contributed by atoms with Gasteiger partial charge in [0.1, 0.15) is 4.34 Å². The van der Waals surface area contributed by atoms with Crippen molar-refractivity contribution in [1.29, 1.82) is 5.41 Å². The maximum Gasteiger partial charge on any atom is 0.215 e. The highest BCUT2D eigenvalue weighted by atomic mass is 35.5. The van der Waals surface area contributed by atoms with Crippen LogP contribution >= 0.6 is 22.9 Å². The molecule has 0 aliphatic rings. The molecule has 1 N–H and O–H groups in total. The number of nitrogens with one attached hydrogen (secondary N) is 1. The number of hydrogen-bond acceptors (Lipinski definition) is 3. The first kappa shape index (κ1) is 8.56. The van der Waals surface area contributed by atoms with Gasteiger partial charge in [0.15, 0.2) is 0 Å². The molecule has 1 heterocycles. The maximum absolute atomic E-state index is 7.33. The van der Waals surface area contributed by atoms with Crippen LogP contribution in [0.5, 0.6) is 0 Å². The Labute approximate surface area is 74.3 Å². The topological polar surface area (TPSA) is 33.1 Å². The van der Waals surface area contributed by atoms with Gasteiger partial charge in [0.2, 0.25) is 5.90 Å². The molecule has 0 fully saturated rings. The summed E-state index contributed by atoms with van der Waals surface area (Å²) in [4.78, 5) is 1.09. The Bertz CT molecular complexity index is 282. The van der Waals surface area contributed by atoms with Gasteiger partial charge >= 0.3 is 0 Å². The number of rotatable bonds is 1. The molecule has 1 rings (SSSR count). The first-order chi connectivity index (χ1) is 5.15. The lowest BCUT2D eigenvalue weighted by molar-refractivity contribution is 0.401. The molecule has 0 radical (unpaired) electrons. The molecule has 1 aromatic heterocycles. The standard InChI is InChI=1S/C7H8ClNOS/c1-4-3-5(6(8)11-4)7(9)10-2/h3,9H,1-2H3. The van der Waals surface area contributed by atoms with Gasteiger partial charge in [0.25, 0.3) is 0 Å². The van der Waals surface area contributed by atoms with Crippen molar-refractivity contribution in [1.82, 2.24) is 0 Å². The van der Waals surface area contributed by atoms with Crippen LogP contribution in [0, 0.1) is 12.3 Å². The quantitative estimate of drug-likeness (QED) is 0.535. The van der Waals surface area contributed by atoms with Crippen LogP contribution in [-0.2, 0) is 4.74 Å². The van der Waals surface area contributed by atoms with E-state index >= 15 is 0 Å². The molecule has 0 aromatic carbocycles. The van der Waals surface area contributed by atoms with Gasteiger partial charge in [0, 0.05) is 4.88 Å². The lowest BCUT2D eigenvalue weighted by atomic mass is 10.3. The Morgan fingerprint density at radius 2 is 2.36 bits per heavy atom. The zero-order valence-corrected chi connectivity index (χ0v) is 7.84. The van der Waals surface area contributed by atoms with E-state index in [2.05, 4.69) is 0 Å². The van der Waals surface area contributed by atoms with Crippen LogP contribution < -0.4 is 0 Å². The van der Waals surface area contributed by atoms with Crippen molar-refractivity contribution in [2.24, 2.45) is 0 Å². The zero-order valence-electron chi connectivity index (χ0n) is 6.27. The molecule has 0 amide bonds. The van der Waals surface area contributed by atoms with Crippen molar-refractivity contribution < 1.29 is 4.74 Å². The predicted molar refractivity (Wildman–Crippen MR) is 47.9 cm³/mol. The Morgan fingerprint density at radius 1 is 1.73 bits per heavy atom. The van der Waals surface area contributed by atoms with Gasteiger partial charge in [-0.2, -0.15) is 0 Å². The molecule has 0 saturated carbocycles. The van der Waals surface area contributed by atoms with E-state index in [-0.39, 0.29) is 5.90 Å². The van der Waals surface area contributed by atoms with E-state index in [1.807, 2.05) is 13.0 Å². The largest absolute Gasteiger partial charge is 0.481 e. The molecule has 0 bridgehead atoms. The van der Waals surface area contributed by atoms with Crippen molar-refractivity contribution in [2.45, 2.75) is 6.92 Å². The third kappa shape index (κ3) is 1.73. The minimum atomic E-state index is 0.124. The van der Waals surface area contributed by atoms with E-state index < -0.39 is 0 Å². The van der Waals surface area contributed by atoms with Gasteiger partial charge < -0.3 is 4.74 Å². The highest BCUT2D eigenvalue weighted by Gasteiger charge is 2.09. The summed E-state index contributed by atoms with van der Waals surface area (Å²) >= 11 is 7.27. The van der Waals surface area contributed by atoms with Crippen LogP contribution in [0.2, 0.25) is 4.34 Å². The Hall–Kier alpha value is -0.540. The van der Waals surface area contributed by atoms with Gasteiger partial charge in [-0.25, -0.2) is 0 Å². The van der Waals surface area contributed by atoms with Crippen LogP contribution in [0.4, 0.5) is 0 Å². The molecule has 2 nitrogen and oxygen atoms in total. The molecule has 0 unspecified atom stereocenters. The summed E-state index contributed by atoms with van der Waals surface area (Å²) in [6.07, 6.45) is 0. The average molecular weight is 190 g/mol. The number of methoxy groups -OCH3 is 1.